The maximum Gasteiger partial charge on any atom is 0.251 e. The van der Waals surface area contributed by atoms with Gasteiger partial charge >= 0.3 is 0 Å². The molecule has 4 rings (SSSR count). The Morgan fingerprint density at radius 3 is 2.61 bits per heavy atom. The van der Waals surface area contributed by atoms with E-state index in [1.54, 1.807) is 5.06 Å². The van der Waals surface area contributed by atoms with Gasteiger partial charge < -0.3 is 9.47 Å². The van der Waals surface area contributed by atoms with Crippen molar-refractivity contribution in [3.8, 4) is 0 Å². The Morgan fingerprint density at radius 2 is 1.83 bits per heavy atom. The number of likely N-dealkylation sites (tertiary alicyclic amines) is 1. The number of fused-ring (bicyclic) bond motifs is 1. The smallest absolute Gasteiger partial charge is 0.251 e. The zero-order chi connectivity index (χ0) is 15.6. The van der Waals surface area contributed by atoms with Gasteiger partial charge in [-0.25, -0.2) is 5.06 Å². The van der Waals surface area contributed by atoms with Gasteiger partial charge in [-0.1, -0.05) is 0 Å². The topological polar surface area (TPSA) is 51.2 Å². The minimum absolute atomic E-state index is 0.0308. The molecule has 0 bridgehead atoms. The van der Waals surface area contributed by atoms with Gasteiger partial charge in [-0.05, 0) is 37.5 Å². The van der Waals surface area contributed by atoms with E-state index in [1.807, 2.05) is 0 Å². The maximum atomic E-state index is 12.9. The Balaban J connectivity index is 1.41. The highest BCUT2D eigenvalue weighted by Gasteiger charge is 2.46. The van der Waals surface area contributed by atoms with Crippen molar-refractivity contribution in [3.05, 3.63) is 0 Å². The van der Waals surface area contributed by atoms with Crippen molar-refractivity contribution in [1.29, 1.82) is 0 Å². The molecule has 0 spiro atoms. The minimum atomic E-state index is -0.0308. The third-order valence-corrected chi connectivity index (χ3v) is 5.94. The lowest BCUT2D eigenvalue weighted by Crippen LogP contribution is -2.47. The predicted molar refractivity (Wildman–Crippen MR) is 83.6 cm³/mol. The lowest BCUT2D eigenvalue weighted by Gasteiger charge is -2.36. The highest BCUT2D eigenvalue weighted by molar-refractivity contribution is 5.78. The molecule has 1 amide bonds. The molecule has 4 aliphatic heterocycles. The van der Waals surface area contributed by atoms with Gasteiger partial charge in [0.1, 0.15) is 0 Å². The number of hydrogen-bond donors (Lipinski definition) is 0. The summed E-state index contributed by atoms with van der Waals surface area (Å²) in [5, 5.41) is 1.61. The second kappa shape index (κ2) is 7.05. The molecule has 0 aliphatic carbocycles. The van der Waals surface area contributed by atoms with E-state index in [0.29, 0.717) is 31.1 Å². The van der Waals surface area contributed by atoms with Crippen LogP contribution in [-0.2, 0) is 19.1 Å². The van der Waals surface area contributed by atoms with E-state index >= 15 is 0 Å². The molecule has 0 aromatic rings. The summed E-state index contributed by atoms with van der Waals surface area (Å²) >= 11 is 0. The van der Waals surface area contributed by atoms with Crippen LogP contribution in [-0.4, -0.2) is 74.6 Å². The zero-order valence-corrected chi connectivity index (χ0v) is 13.8. The molecule has 6 nitrogen and oxygen atoms in total. The average Bonchev–Trinajstić information content (AvgIpc) is 3.07. The van der Waals surface area contributed by atoms with Crippen molar-refractivity contribution in [2.24, 2.45) is 17.8 Å². The first-order chi connectivity index (χ1) is 11.3. The Hall–Kier alpha value is -0.690. The van der Waals surface area contributed by atoms with Crippen LogP contribution >= 0.6 is 0 Å². The number of ether oxygens (including phenoxy) is 2. The summed E-state index contributed by atoms with van der Waals surface area (Å²) in [7, 11) is 0. The molecule has 4 aliphatic rings. The molecule has 0 radical (unpaired) electrons. The molecule has 0 N–H and O–H groups in total. The third-order valence-electron chi connectivity index (χ3n) is 5.94. The van der Waals surface area contributed by atoms with Gasteiger partial charge in [-0.15, -0.1) is 0 Å². The van der Waals surface area contributed by atoms with E-state index in [-0.39, 0.29) is 11.8 Å². The van der Waals surface area contributed by atoms with Crippen molar-refractivity contribution < 1.29 is 19.1 Å². The summed E-state index contributed by atoms with van der Waals surface area (Å²) in [5.74, 6) is 1.03. The van der Waals surface area contributed by atoms with E-state index in [4.69, 9.17) is 14.3 Å². The number of carbonyl (C=O) groups excluding carboxylic acids is 1. The lowest BCUT2D eigenvalue weighted by atomic mass is 9.82. The summed E-state index contributed by atoms with van der Waals surface area (Å²) in [5.41, 5.74) is 0. The van der Waals surface area contributed by atoms with E-state index in [1.165, 1.54) is 0 Å². The van der Waals surface area contributed by atoms with Gasteiger partial charge in [-0.2, -0.15) is 0 Å². The lowest BCUT2D eigenvalue weighted by molar-refractivity contribution is -0.207. The van der Waals surface area contributed by atoms with Crippen LogP contribution in [0.5, 0.6) is 0 Å². The number of nitrogens with zero attached hydrogens (tertiary/aromatic N) is 2. The van der Waals surface area contributed by atoms with Crippen LogP contribution < -0.4 is 0 Å². The fourth-order valence-corrected chi connectivity index (χ4v) is 4.59. The highest BCUT2D eigenvalue weighted by atomic mass is 16.7. The van der Waals surface area contributed by atoms with Crippen LogP contribution in [0, 0.1) is 17.8 Å². The van der Waals surface area contributed by atoms with E-state index in [0.717, 1.165) is 65.1 Å². The molecular weight excluding hydrogens is 296 g/mol. The monoisotopic (exact) mass is 324 g/mol. The van der Waals surface area contributed by atoms with Gasteiger partial charge in [0, 0.05) is 38.9 Å². The summed E-state index contributed by atoms with van der Waals surface area (Å²) in [4.78, 5) is 21.0. The highest BCUT2D eigenvalue weighted by Crippen LogP contribution is 2.37. The van der Waals surface area contributed by atoms with Gasteiger partial charge in [0.25, 0.3) is 5.91 Å². The molecule has 23 heavy (non-hydrogen) atoms. The van der Waals surface area contributed by atoms with Gasteiger partial charge in [-0.3, -0.25) is 14.5 Å². The molecule has 4 saturated heterocycles. The van der Waals surface area contributed by atoms with E-state index < -0.39 is 0 Å². The maximum absolute atomic E-state index is 12.9. The summed E-state index contributed by atoms with van der Waals surface area (Å²) in [6, 6.07) is 0.622. The predicted octanol–water partition coefficient (Wildman–Crippen LogP) is 0.914. The second-order valence-corrected chi connectivity index (χ2v) is 7.35. The first kappa shape index (κ1) is 15.8. The number of hydroxylamine groups is 2. The van der Waals surface area contributed by atoms with E-state index in [2.05, 4.69) is 4.90 Å². The Labute approximate surface area is 138 Å². The van der Waals surface area contributed by atoms with Gasteiger partial charge in [0.05, 0.1) is 25.7 Å². The van der Waals surface area contributed by atoms with Crippen molar-refractivity contribution in [3.63, 3.8) is 0 Å². The molecular formula is C17H28N2O4. The molecule has 0 saturated carbocycles. The molecule has 0 aromatic carbocycles. The molecule has 0 aromatic heterocycles. The summed E-state index contributed by atoms with van der Waals surface area (Å²) in [6.45, 7) is 6.60. The molecule has 4 heterocycles. The quantitative estimate of drug-likeness (QED) is 0.756. The first-order valence-corrected chi connectivity index (χ1v) is 9.17. The van der Waals surface area contributed by atoms with Crippen molar-refractivity contribution in [2.45, 2.75) is 31.7 Å². The van der Waals surface area contributed by atoms with E-state index in [9.17, 15) is 4.79 Å². The molecule has 3 atom stereocenters. The van der Waals surface area contributed by atoms with Crippen LogP contribution in [0.3, 0.4) is 0 Å². The SMILES string of the molecule is O=C([C@@H]1COC[C@H]2CN(C3CCOCC3)C[C@H]21)N1CCCCO1. The number of amides is 1. The fourth-order valence-electron chi connectivity index (χ4n) is 4.59. The number of hydrogen-bond acceptors (Lipinski definition) is 5. The standard InChI is InChI=1S/C17H28N2O4/c20-17(19-5-1-2-6-23-19)16-12-22-11-13-9-18(10-15(13)16)14-3-7-21-8-4-14/h13-16H,1-12H2/t13-,15-,16-/m1/s1. The van der Waals surface area contributed by atoms with Crippen LogP contribution in [0.25, 0.3) is 0 Å². The van der Waals surface area contributed by atoms with Crippen molar-refractivity contribution >= 4 is 5.91 Å². The average molecular weight is 324 g/mol. The van der Waals surface area contributed by atoms with Crippen LogP contribution in [0.15, 0.2) is 0 Å². The molecule has 130 valence electrons. The molecule has 6 heteroatoms. The Morgan fingerprint density at radius 1 is 0.957 bits per heavy atom. The molecule has 0 unspecified atom stereocenters. The third kappa shape index (κ3) is 3.27. The normalized spacial score (nSPS) is 36.9. The Kier molecular flexibility index (Phi) is 4.85. The van der Waals surface area contributed by atoms with Gasteiger partial charge in [0.15, 0.2) is 0 Å². The number of carbonyl (C=O) groups is 1. The largest absolute Gasteiger partial charge is 0.381 e. The minimum Gasteiger partial charge on any atom is -0.381 e. The van der Waals surface area contributed by atoms with Crippen LogP contribution in [0.4, 0.5) is 0 Å². The number of rotatable bonds is 2. The van der Waals surface area contributed by atoms with Gasteiger partial charge in [0.2, 0.25) is 0 Å². The molecule has 4 fully saturated rings. The van der Waals surface area contributed by atoms with Crippen LogP contribution in [0.2, 0.25) is 0 Å². The fraction of sp³-hybridized carbons (Fsp3) is 0.941. The van der Waals surface area contributed by atoms with Crippen LogP contribution in [0.1, 0.15) is 25.7 Å². The first-order valence-electron chi connectivity index (χ1n) is 9.17. The zero-order valence-electron chi connectivity index (χ0n) is 13.8. The second-order valence-electron chi connectivity index (χ2n) is 7.35. The van der Waals surface area contributed by atoms with Crippen molar-refractivity contribution in [1.82, 2.24) is 9.96 Å². The summed E-state index contributed by atoms with van der Waals surface area (Å²) in [6.07, 6.45) is 4.33. The van der Waals surface area contributed by atoms with Crippen molar-refractivity contribution in [2.75, 3.05) is 52.7 Å². The summed E-state index contributed by atoms with van der Waals surface area (Å²) < 4.78 is 11.3. The Bertz CT molecular complexity index is 421.